The Morgan fingerprint density at radius 2 is 1.84 bits per heavy atom. The van der Waals surface area contributed by atoms with Crippen LogP contribution in [0.5, 0.6) is 0 Å². The van der Waals surface area contributed by atoms with Gasteiger partial charge in [-0.3, -0.25) is 4.68 Å². The van der Waals surface area contributed by atoms with E-state index in [2.05, 4.69) is 23.6 Å². The van der Waals surface area contributed by atoms with Gasteiger partial charge in [0.25, 0.3) is 0 Å². The summed E-state index contributed by atoms with van der Waals surface area (Å²) < 4.78 is 1.97. The van der Waals surface area contributed by atoms with Crippen molar-refractivity contribution in [3.63, 3.8) is 0 Å². The zero-order valence-electron chi connectivity index (χ0n) is 11.4. The molecule has 3 nitrogen and oxygen atoms in total. The quantitative estimate of drug-likeness (QED) is 0.831. The Morgan fingerprint density at radius 1 is 1.21 bits per heavy atom. The lowest BCUT2D eigenvalue weighted by atomic mass is 9.48. The molecule has 0 amide bonds. The molecule has 0 spiro atoms. The summed E-state index contributed by atoms with van der Waals surface area (Å²) in [6, 6.07) is 2.20. The van der Waals surface area contributed by atoms with Gasteiger partial charge in [-0.15, -0.1) is 0 Å². The molecule has 1 heterocycles. The molecule has 4 bridgehead atoms. The molecule has 0 aliphatic heterocycles. The molecular formula is C16H21N3. The largest absolute Gasteiger partial charge is 0.271 e. The summed E-state index contributed by atoms with van der Waals surface area (Å²) in [5.74, 6) is 2.94. The number of hydrogen-bond donors (Lipinski definition) is 0. The van der Waals surface area contributed by atoms with Crippen molar-refractivity contribution in [2.45, 2.75) is 56.9 Å². The zero-order chi connectivity index (χ0) is 12.9. The molecule has 0 radical (unpaired) electrons. The number of nitriles is 1. The van der Waals surface area contributed by atoms with Crippen LogP contribution in [-0.2, 0) is 12.0 Å². The van der Waals surface area contributed by atoms with E-state index in [1.54, 1.807) is 0 Å². The number of nitrogens with zero attached hydrogens (tertiary/aromatic N) is 3. The molecule has 5 rings (SSSR count). The first-order valence-electron chi connectivity index (χ1n) is 7.67. The third-order valence-electron chi connectivity index (χ3n) is 5.74. The van der Waals surface area contributed by atoms with Crippen molar-refractivity contribution in [2.24, 2.45) is 17.8 Å². The van der Waals surface area contributed by atoms with E-state index in [4.69, 9.17) is 5.26 Å². The van der Waals surface area contributed by atoms with Crippen LogP contribution >= 0.6 is 0 Å². The van der Waals surface area contributed by atoms with Crippen molar-refractivity contribution in [3.05, 3.63) is 18.0 Å². The topological polar surface area (TPSA) is 41.6 Å². The molecule has 0 atom stereocenters. The maximum atomic E-state index is 8.67. The Balaban J connectivity index is 1.61. The van der Waals surface area contributed by atoms with Gasteiger partial charge < -0.3 is 0 Å². The second-order valence-corrected chi connectivity index (χ2v) is 7.10. The molecule has 4 aliphatic carbocycles. The highest BCUT2D eigenvalue weighted by Crippen LogP contribution is 2.60. The SMILES string of the molecule is N#CCCn1cc(C23CC4CC(CC(C4)C2)C3)cn1. The van der Waals surface area contributed by atoms with Crippen molar-refractivity contribution in [2.75, 3.05) is 0 Å². The van der Waals surface area contributed by atoms with Crippen LogP contribution in [0.4, 0.5) is 0 Å². The first kappa shape index (κ1) is 11.5. The first-order valence-corrected chi connectivity index (χ1v) is 7.67. The van der Waals surface area contributed by atoms with Crippen LogP contribution in [0.3, 0.4) is 0 Å². The van der Waals surface area contributed by atoms with Crippen LogP contribution in [-0.4, -0.2) is 9.78 Å². The summed E-state index contributed by atoms with van der Waals surface area (Å²) in [4.78, 5) is 0. The molecule has 3 heteroatoms. The molecule has 1 aromatic heterocycles. The van der Waals surface area contributed by atoms with E-state index < -0.39 is 0 Å². The highest BCUT2D eigenvalue weighted by molar-refractivity contribution is 5.25. The lowest BCUT2D eigenvalue weighted by Crippen LogP contribution is -2.48. The van der Waals surface area contributed by atoms with E-state index in [0.29, 0.717) is 11.8 Å². The van der Waals surface area contributed by atoms with Crippen LogP contribution < -0.4 is 0 Å². The Kier molecular flexibility index (Phi) is 2.48. The second-order valence-electron chi connectivity index (χ2n) is 7.10. The summed E-state index contributed by atoms with van der Waals surface area (Å²) in [6.07, 6.45) is 13.5. The van der Waals surface area contributed by atoms with Crippen LogP contribution in [0.25, 0.3) is 0 Å². The van der Waals surface area contributed by atoms with Gasteiger partial charge in [-0.25, -0.2) is 0 Å². The van der Waals surface area contributed by atoms with Crippen molar-refractivity contribution >= 4 is 0 Å². The number of hydrogen-bond acceptors (Lipinski definition) is 2. The molecule has 1 aromatic rings. The molecule has 0 unspecified atom stereocenters. The molecule has 4 saturated carbocycles. The maximum Gasteiger partial charge on any atom is 0.0641 e. The average Bonchev–Trinajstić information content (AvgIpc) is 2.84. The monoisotopic (exact) mass is 255 g/mol. The van der Waals surface area contributed by atoms with Crippen LogP contribution in [0, 0.1) is 29.1 Å². The predicted molar refractivity (Wildman–Crippen MR) is 72.3 cm³/mol. The van der Waals surface area contributed by atoms with Crippen molar-refractivity contribution in [3.8, 4) is 6.07 Å². The Hall–Kier alpha value is -1.30. The molecule has 100 valence electrons. The lowest BCUT2D eigenvalue weighted by molar-refractivity contribution is -0.00522. The van der Waals surface area contributed by atoms with Gasteiger partial charge >= 0.3 is 0 Å². The van der Waals surface area contributed by atoms with Gasteiger partial charge in [0.2, 0.25) is 0 Å². The van der Waals surface area contributed by atoms with Gasteiger partial charge in [0.15, 0.2) is 0 Å². The summed E-state index contributed by atoms with van der Waals surface area (Å²) in [7, 11) is 0. The van der Waals surface area contributed by atoms with Gasteiger partial charge in [-0.2, -0.15) is 10.4 Å². The van der Waals surface area contributed by atoms with Gasteiger partial charge in [0.1, 0.15) is 0 Å². The summed E-state index contributed by atoms with van der Waals surface area (Å²) in [5.41, 5.74) is 1.91. The molecule has 4 aliphatic rings. The summed E-state index contributed by atoms with van der Waals surface area (Å²) >= 11 is 0. The van der Waals surface area contributed by atoms with Crippen molar-refractivity contribution in [1.82, 2.24) is 9.78 Å². The highest BCUT2D eigenvalue weighted by atomic mass is 15.3. The number of aromatic nitrogens is 2. The Morgan fingerprint density at radius 3 is 2.42 bits per heavy atom. The third kappa shape index (κ3) is 1.81. The molecule has 0 aromatic carbocycles. The minimum absolute atomic E-state index is 0.444. The van der Waals surface area contributed by atoms with E-state index >= 15 is 0 Å². The molecular weight excluding hydrogens is 234 g/mol. The minimum atomic E-state index is 0.444. The summed E-state index contributed by atoms with van der Waals surface area (Å²) in [5, 5.41) is 13.1. The van der Waals surface area contributed by atoms with Gasteiger partial charge in [0.05, 0.1) is 25.2 Å². The first-order chi connectivity index (χ1) is 9.27. The zero-order valence-corrected chi connectivity index (χ0v) is 11.4. The van der Waals surface area contributed by atoms with Crippen LogP contribution in [0.1, 0.15) is 50.5 Å². The number of rotatable bonds is 3. The highest BCUT2D eigenvalue weighted by Gasteiger charge is 2.51. The fourth-order valence-electron chi connectivity index (χ4n) is 5.39. The standard InChI is InChI=1S/C16H21N3/c17-2-1-3-19-11-15(10-18-19)16-7-12-4-13(8-16)6-14(5-12)9-16/h10-14H,1,3-9H2. The fourth-order valence-corrected chi connectivity index (χ4v) is 5.39. The van der Waals surface area contributed by atoms with E-state index in [-0.39, 0.29) is 0 Å². The smallest absolute Gasteiger partial charge is 0.0641 e. The lowest BCUT2D eigenvalue weighted by Gasteiger charge is -2.56. The van der Waals surface area contributed by atoms with Crippen molar-refractivity contribution in [1.29, 1.82) is 5.26 Å². The molecule has 0 N–H and O–H groups in total. The maximum absolute atomic E-state index is 8.67. The van der Waals surface area contributed by atoms with Crippen LogP contribution in [0.2, 0.25) is 0 Å². The van der Waals surface area contributed by atoms with Crippen LogP contribution in [0.15, 0.2) is 12.4 Å². The minimum Gasteiger partial charge on any atom is -0.271 e. The van der Waals surface area contributed by atoms with Gasteiger partial charge in [-0.05, 0) is 67.3 Å². The van der Waals surface area contributed by atoms with Gasteiger partial charge in [0, 0.05) is 6.20 Å². The fraction of sp³-hybridized carbons (Fsp3) is 0.750. The number of aryl methyl sites for hydroxylation is 1. The van der Waals surface area contributed by atoms with E-state index in [0.717, 1.165) is 24.3 Å². The molecule has 4 fully saturated rings. The molecule has 19 heavy (non-hydrogen) atoms. The predicted octanol–water partition coefficient (Wildman–Crippen LogP) is 3.26. The van der Waals surface area contributed by atoms with E-state index in [1.165, 1.54) is 44.1 Å². The summed E-state index contributed by atoms with van der Waals surface area (Å²) in [6.45, 7) is 0.739. The van der Waals surface area contributed by atoms with Gasteiger partial charge in [-0.1, -0.05) is 0 Å². The van der Waals surface area contributed by atoms with E-state index in [1.807, 2.05) is 4.68 Å². The van der Waals surface area contributed by atoms with E-state index in [9.17, 15) is 0 Å². The Labute approximate surface area is 114 Å². The average molecular weight is 255 g/mol. The van der Waals surface area contributed by atoms with Crippen molar-refractivity contribution < 1.29 is 0 Å². The third-order valence-corrected chi connectivity index (χ3v) is 5.74. The second kappa shape index (κ2) is 4.10. The normalized spacial score (nSPS) is 39.4. The Bertz CT molecular complexity index is 487. The molecule has 0 saturated heterocycles.